The molecule has 0 aromatic heterocycles. The van der Waals surface area contributed by atoms with Crippen molar-refractivity contribution in [2.24, 2.45) is 0 Å². The van der Waals surface area contributed by atoms with Crippen LogP contribution in [0, 0.1) is 0 Å². The number of hydrogen-bond donors (Lipinski definition) is 0. The van der Waals surface area contributed by atoms with E-state index in [0.29, 0.717) is 37.5 Å². The van der Waals surface area contributed by atoms with E-state index in [0.717, 1.165) is 10.6 Å². The molecule has 5 nitrogen and oxygen atoms in total. The number of rotatable bonds is 5. The SMILES string of the molecule is COc1ccc(SCC(=O)N2CCN(C(=O)c3ccccc3)CC2)cc1. The van der Waals surface area contributed by atoms with Gasteiger partial charge < -0.3 is 14.5 Å². The molecular weight excluding hydrogens is 348 g/mol. The lowest BCUT2D eigenvalue weighted by Gasteiger charge is -2.34. The van der Waals surface area contributed by atoms with Crippen molar-refractivity contribution in [1.82, 2.24) is 9.80 Å². The standard InChI is InChI=1S/C20H22N2O3S/c1-25-17-7-9-18(10-8-17)26-15-19(23)21-11-13-22(14-12-21)20(24)16-5-3-2-4-6-16/h2-10H,11-15H2,1H3. The molecule has 2 aromatic rings. The first-order chi connectivity index (χ1) is 12.7. The van der Waals surface area contributed by atoms with Gasteiger partial charge in [0.2, 0.25) is 5.91 Å². The van der Waals surface area contributed by atoms with Gasteiger partial charge in [-0.1, -0.05) is 18.2 Å². The molecule has 2 amide bonds. The Balaban J connectivity index is 1.46. The molecule has 0 saturated carbocycles. The predicted molar refractivity (Wildman–Crippen MR) is 103 cm³/mol. The number of ether oxygens (including phenoxy) is 1. The Morgan fingerprint density at radius 1 is 0.923 bits per heavy atom. The molecule has 0 radical (unpaired) electrons. The van der Waals surface area contributed by atoms with Crippen LogP contribution in [0.15, 0.2) is 59.5 Å². The van der Waals surface area contributed by atoms with Gasteiger partial charge in [-0.05, 0) is 36.4 Å². The zero-order chi connectivity index (χ0) is 18.4. The summed E-state index contributed by atoms with van der Waals surface area (Å²) in [6.07, 6.45) is 0. The summed E-state index contributed by atoms with van der Waals surface area (Å²) < 4.78 is 5.13. The number of methoxy groups -OCH3 is 1. The van der Waals surface area contributed by atoms with Gasteiger partial charge in [-0.3, -0.25) is 9.59 Å². The molecule has 1 aliphatic rings. The zero-order valence-corrected chi connectivity index (χ0v) is 15.6. The van der Waals surface area contributed by atoms with Crippen LogP contribution in [0.4, 0.5) is 0 Å². The summed E-state index contributed by atoms with van der Waals surface area (Å²) in [5.41, 5.74) is 0.697. The normalized spacial score (nSPS) is 14.2. The van der Waals surface area contributed by atoms with Crippen molar-refractivity contribution in [3.05, 3.63) is 60.2 Å². The van der Waals surface area contributed by atoms with Crippen molar-refractivity contribution < 1.29 is 14.3 Å². The number of nitrogens with zero attached hydrogens (tertiary/aromatic N) is 2. The summed E-state index contributed by atoms with van der Waals surface area (Å²) in [5.74, 6) is 1.35. The molecule has 3 rings (SSSR count). The maximum absolute atomic E-state index is 12.4. The van der Waals surface area contributed by atoms with Gasteiger partial charge in [0.15, 0.2) is 0 Å². The van der Waals surface area contributed by atoms with Crippen molar-refractivity contribution in [3.63, 3.8) is 0 Å². The molecule has 0 bridgehead atoms. The van der Waals surface area contributed by atoms with Crippen molar-refractivity contribution >= 4 is 23.6 Å². The van der Waals surface area contributed by atoms with Gasteiger partial charge in [0, 0.05) is 36.6 Å². The van der Waals surface area contributed by atoms with Crippen LogP contribution in [0.2, 0.25) is 0 Å². The number of hydrogen-bond acceptors (Lipinski definition) is 4. The number of piperazine rings is 1. The molecule has 0 aliphatic carbocycles. The minimum absolute atomic E-state index is 0.0327. The summed E-state index contributed by atoms with van der Waals surface area (Å²) in [6.45, 7) is 2.32. The largest absolute Gasteiger partial charge is 0.497 e. The van der Waals surface area contributed by atoms with Crippen molar-refractivity contribution in [2.45, 2.75) is 4.90 Å². The predicted octanol–water partition coefficient (Wildman–Crippen LogP) is 2.77. The van der Waals surface area contributed by atoms with Gasteiger partial charge >= 0.3 is 0 Å². The molecule has 0 atom stereocenters. The third-order valence-corrected chi connectivity index (χ3v) is 5.36. The minimum Gasteiger partial charge on any atom is -0.497 e. The first-order valence-corrected chi connectivity index (χ1v) is 9.55. The molecule has 1 heterocycles. The molecule has 136 valence electrons. The summed E-state index contributed by atoms with van der Waals surface area (Å²) in [7, 11) is 1.63. The van der Waals surface area contributed by atoms with E-state index < -0.39 is 0 Å². The Hall–Kier alpha value is -2.47. The second-order valence-electron chi connectivity index (χ2n) is 6.00. The van der Waals surface area contributed by atoms with Crippen LogP contribution in [0.1, 0.15) is 10.4 Å². The maximum atomic E-state index is 12.4. The van der Waals surface area contributed by atoms with E-state index in [-0.39, 0.29) is 11.8 Å². The number of thioether (sulfide) groups is 1. The minimum atomic E-state index is 0.0327. The molecule has 1 saturated heterocycles. The van der Waals surface area contributed by atoms with E-state index in [9.17, 15) is 9.59 Å². The van der Waals surface area contributed by atoms with Gasteiger partial charge in [0.05, 0.1) is 12.9 Å². The van der Waals surface area contributed by atoms with E-state index >= 15 is 0 Å². The maximum Gasteiger partial charge on any atom is 0.253 e. The Morgan fingerprint density at radius 3 is 2.15 bits per heavy atom. The number of carbonyl (C=O) groups excluding carboxylic acids is 2. The molecule has 0 N–H and O–H groups in total. The van der Waals surface area contributed by atoms with Crippen LogP contribution in [0.5, 0.6) is 5.75 Å². The average molecular weight is 370 g/mol. The second-order valence-corrected chi connectivity index (χ2v) is 7.05. The molecule has 2 aromatic carbocycles. The first-order valence-electron chi connectivity index (χ1n) is 8.56. The fourth-order valence-electron chi connectivity index (χ4n) is 2.83. The zero-order valence-electron chi connectivity index (χ0n) is 14.8. The summed E-state index contributed by atoms with van der Waals surface area (Å²) >= 11 is 1.52. The summed E-state index contributed by atoms with van der Waals surface area (Å²) in [5, 5.41) is 0. The lowest BCUT2D eigenvalue weighted by Crippen LogP contribution is -2.51. The Labute approximate surface area is 157 Å². The Kier molecular flexibility index (Phi) is 6.17. The molecule has 0 unspecified atom stereocenters. The highest BCUT2D eigenvalue weighted by atomic mass is 32.2. The van der Waals surface area contributed by atoms with Crippen LogP contribution in [-0.2, 0) is 4.79 Å². The average Bonchev–Trinajstić information content (AvgIpc) is 2.72. The highest BCUT2D eigenvalue weighted by molar-refractivity contribution is 8.00. The third-order valence-electron chi connectivity index (χ3n) is 4.36. The first kappa shape index (κ1) is 18.3. The van der Waals surface area contributed by atoms with Gasteiger partial charge in [0.25, 0.3) is 5.91 Å². The fraction of sp³-hybridized carbons (Fsp3) is 0.300. The lowest BCUT2D eigenvalue weighted by atomic mass is 10.2. The highest BCUT2D eigenvalue weighted by Gasteiger charge is 2.24. The van der Waals surface area contributed by atoms with Crippen LogP contribution in [0.25, 0.3) is 0 Å². The van der Waals surface area contributed by atoms with E-state index in [2.05, 4.69) is 0 Å². The van der Waals surface area contributed by atoms with E-state index in [1.54, 1.807) is 7.11 Å². The fourth-order valence-corrected chi connectivity index (χ4v) is 3.63. The molecule has 6 heteroatoms. The molecule has 1 fully saturated rings. The molecule has 0 spiro atoms. The van der Waals surface area contributed by atoms with E-state index in [4.69, 9.17) is 4.74 Å². The smallest absolute Gasteiger partial charge is 0.253 e. The highest BCUT2D eigenvalue weighted by Crippen LogP contribution is 2.22. The van der Waals surface area contributed by atoms with Crippen LogP contribution < -0.4 is 4.74 Å². The lowest BCUT2D eigenvalue weighted by molar-refractivity contribution is -0.129. The number of amides is 2. The topological polar surface area (TPSA) is 49.9 Å². The van der Waals surface area contributed by atoms with Gasteiger partial charge in [-0.2, -0.15) is 0 Å². The van der Waals surface area contributed by atoms with Crippen LogP contribution in [0.3, 0.4) is 0 Å². The number of carbonyl (C=O) groups is 2. The van der Waals surface area contributed by atoms with Crippen molar-refractivity contribution in [2.75, 3.05) is 39.0 Å². The van der Waals surface area contributed by atoms with E-state index in [1.807, 2.05) is 64.4 Å². The number of benzene rings is 2. The van der Waals surface area contributed by atoms with Crippen LogP contribution in [-0.4, -0.2) is 60.7 Å². The van der Waals surface area contributed by atoms with Gasteiger partial charge in [-0.25, -0.2) is 0 Å². The third kappa shape index (κ3) is 4.58. The molecular formula is C20H22N2O3S. The Morgan fingerprint density at radius 2 is 1.54 bits per heavy atom. The molecule has 26 heavy (non-hydrogen) atoms. The quantitative estimate of drug-likeness (QED) is 0.760. The van der Waals surface area contributed by atoms with E-state index in [1.165, 1.54) is 11.8 Å². The van der Waals surface area contributed by atoms with Crippen molar-refractivity contribution in [3.8, 4) is 5.75 Å². The van der Waals surface area contributed by atoms with Gasteiger partial charge in [0.1, 0.15) is 5.75 Å². The van der Waals surface area contributed by atoms with Crippen LogP contribution >= 0.6 is 11.8 Å². The summed E-state index contributed by atoms with van der Waals surface area (Å²) in [6, 6.07) is 17.0. The van der Waals surface area contributed by atoms with Gasteiger partial charge in [-0.15, -0.1) is 11.8 Å². The Bertz CT molecular complexity index is 741. The molecule has 1 aliphatic heterocycles. The second kappa shape index (κ2) is 8.76. The van der Waals surface area contributed by atoms with Crippen molar-refractivity contribution in [1.29, 1.82) is 0 Å². The summed E-state index contributed by atoms with van der Waals surface area (Å²) in [4.78, 5) is 29.6. The monoisotopic (exact) mass is 370 g/mol.